The van der Waals surface area contributed by atoms with Crippen LogP contribution in [0.2, 0.25) is 0 Å². The van der Waals surface area contributed by atoms with Crippen molar-refractivity contribution in [2.75, 3.05) is 40.9 Å². The molecule has 0 saturated carbocycles. The largest absolute Gasteiger partial charge is 0.756 e. The lowest BCUT2D eigenvalue weighted by Crippen LogP contribution is -2.45. The second kappa shape index (κ2) is 58.1. The predicted molar refractivity (Wildman–Crippen MR) is 334 cm³/mol. The lowest BCUT2D eigenvalue weighted by atomic mass is 10.0. The molecular formula is C68H123N2O6P. The summed E-state index contributed by atoms with van der Waals surface area (Å²) >= 11 is 0. The van der Waals surface area contributed by atoms with E-state index >= 15 is 0 Å². The summed E-state index contributed by atoms with van der Waals surface area (Å²) in [6, 6.07) is -0.890. The Labute approximate surface area is 477 Å². The second-order valence-electron chi connectivity index (χ2n) is 22.7. The van der Waals surface area contributed by atoms with Gasteiger partial charge in [-0.05, 0) is 77.0 Å². The molecule has 0 aliphatic rings. The number of carbonyl (C=O) groups is 1. The molecule has 0 fully saturated rings. The molecule has 77 heavy (non-hydrogen) atoms. The van der Waals surface area contributed by atoms with Gasteiger partial charge in [0, 0.05) is 6.42 Å². The van der Waals surface area contributed by atoms with Gasteiger partial charge in [0.2, 0.25) is 5.91 Å². The van der Waals surface area contributed by atoms with E-state index in [4.69, 9.17) is 9.05 Å². The molecule has 3 atom stereocenters. The van der Waals surface area contributed by atoms with Crippen LogP contribution >= 0.6 is 7.82 Å². The van der Waals surface area contributed by atoms with Gasteiger partial charge in [-0.1, -0.05) is 291 Å². The minimum absolute atomic E-state index is 0.00267. The molecule has 0 aliphatic carbocycles. The monoisotopic (exact) mass is 1090 g/mol. The number of phosphoric ester groups is 1. The number of nitrogens with zero attached hydrogens (tertiary/aromatic N) is 1. The Bertz CT molecular complexity index is 1570. The zero-order valence-electron chi connectivity index (χ0n) is 50.9. The summed E-state index contributed by atoms with van der Waals surface area (Å²) in [6.45, 7) is 4.55. The van der Waals surface area contributed by atoms with Gasteiger partial charge in [-0.25, -0.2) is 0 Å². The highest BCUT2D eigenvalue weighted by atomic mass is 31.2. The number of amides is 1. The van der Waals surface area contributed by atoms with E-state index in [1.807, 2.05) is 27.2 Å². The number of carbonyl (C=O) groups excluding carboxylic acids is 1. The van der Waals surface area contributed by atoms with Crippen molar-refractivity contribution < 1.29 is 32.9 Å². The SMILES string of the molecule is CC/C=C\C/C=C\C/C=C\C/C=C\C/C=C\C/C=C\C/C=C\CCCCCCCCCCCCCCCCCCCC(=O)NC(COP(=O)([O-])OCC[N+](C)(C)C)C(O)/C=C/CCCCCCCCCCCCCCCC. The average molecular weight is 1100 g/mol. The van der Waals surface area contributed by atoms with Crippen LogP contribution in [0.15, 0.2) is 97.2 Å². The number of allylic oxidation sites excluding steroid dienone is 15. The standard InChI is InChI=1S/C68H123N2O6P/c1-6-8-10-12-14-16-18-20-22-24-25-26-27-28-29-30-31-32-33-34-35-36-37-38-39-40-41-42-43-44-45-46-48-50-52-54-56-58-60-62-68(72)69-66(65-76-77(73,74)75-64-63-70(3,4)5)67(71)61-59-57-55-53-51-49-47-23-21-19-17-15-13-11-9-7-2/h8,10,14,16,20,22,25-26,28-29,31-32,34-35,59,61,66-67,71H,6-7,9,11-13,15,17-19,21,23-24,27,30,33,36-58,60,62-65H2,1-5H3,(H-,69,72,73,74)/b10-8-,16-14-,22-20-,26-25-,29-28-,32-31-,35-34-,61-59+. The molecule has 9 heteroatoms. The van der Waals surface area contributed by atoms with Crippen LogP contribution in [-0.4, -0.2) is 68.5 Å². The highest BCUT2D eigenvalue weighted by Crippen LogP contribution is 2.38. The first-order chi connectivity index (χ1) is 37.5. The van der Waals surface area contributed by atoms with Crippen LogP contribution in [-0.2, 0) is 18.4 Å². The van der Waals surface area contributed by atoms with E-state index in [9.17, 15) is 19.4 Å². The van der Waals surface area contributed by atoms with Crippen molar-refractivity contribution in [1.29, 1.82) is 0 Å². The zero-order chi connectivity index (χ0) is 56.3. The van der Waals surface area contributed by atoms with Gasteiger partial charge in [0.1, 0.15) is 13.2 Å². The quantitative estimate of drug-likeness (QED) is 0.0272. The lowest BCUT2D eigenvalue weighted by molar-refractivity contribution is -0.870. The minimum Gasteiger partial charge on any atom is -0.756 e. The van der Waals surface area contributed by atoms with Gasteiger partial charge < -0.3 is 28.8 Å². The number of unbranched alkanes of at least 4 members (excludes halogenated alkanes) is 31. The molecule has 1 amide bonds. The maximum absolute atomic E-state index is 13.0. The molecule has 8 nitrogen and oxygen atoms in total. The number of rotatable bonds is 58. The molecule has 0 rings (SSSR count). The molecule has 0 radical (unpaired) electrons. The van der Waals surface area contributed by atoms with Crippen LogP contribution in [0.5, 0.6) is 0 Å². The zero-order valence-corrected chi connectivity index (χ0v) is 51.8. The first-order valence-electron chi connectivity index (χ1n) is 32.1. The Morgan fingerprint density at radius 3 is 1.16 bits per heavy atom. The van der Waals surface area contributed by atoms with Crippen LogP contribution < -0.4 is 10.2 Å². The summed E-state index contributed by atoms with van der Waals surface area (Å²) in [7, 11) is 1.26. The van der Waals surface area contributed by atoms with Crippen LogP contribution in [0, 0.1) is 0 Å². The van der Waals surface area contributed by atoms with E-state index in [0.29, 0.717) is 17.4 Å². The van der Waals surface area contributed by atoms with Crippen molar-refractivity contribution in [3.8, 4) is 0 Å². The summed E-state index contributed by atoms with van der Waals surface area (Å²) < 4.78 is 23.4. The van der Waals surface area contributed by atoms with Crippen molar-refractivity contribution in [1.82, 2.24) is 5.32 Å². The molecular weight excluding hydrogens is 972 g/mol. The Balaban J connectivity index is 4.01. The maximum Gasteiger partial charge on any atom is 0.268 e. The van der Waals surface area contributed by atoms with Crippen LogP contribution in [0.1, 0.15) is 277 Å². The average Bonchev–Trinajstić information content (AvgIpc) is 3.39. The Morgan fingerprint density at radius 2 is 0.792 bits per heavy atom. The number of hydrogen-bond donors (Lipinski definition) is 2. The second-order valence-corrected chi connectivity index (χ2v) is 24.1. The van der Waals surface area contributed by atoms with E-state index in [-0.39, 0.29) is 19.1 Å². The van der Waals surface area contributed by atoms with Crippen LogP contribution in [0.4, 0.5) is 0 Å². The van der Waals surface area contributed by atoms with Gasteiger partial charge in [0.15, 0.2) is 0 Å². The van der Waals surface area contributed by atoms with Gasteiger partial charge in [0.05, 0.1) is 39.9 Å². The molecule has 3 unspecified atom stereocenters. The third-order valence-electron chi connectivity index (χ3n) is 14.0. The van der Waals surface area contributed by atoms with E-state index in [1.165, 1.54) is 173 Å². The maximum atomic E-state index is 13.0. The van der Waals surface area contributed by atoms with E-state index < -0.39 is 20.0 Å². The number of nitrogens with one attached hydrogen (secondary N) is 1. The van der Waals surface area contributed by atoms with Gasteiger partial charge in [0.25, 0.3) is 7.82 Å². The highest BCUT2D eigenvalue weighted by molar-refractivity contribution is 7.45. The molecule has 0 saturated heterocycles. The number of phosphoric acid groups is 1. The van der Waals surface area contributed by atoms with Crippen molar-refractivity contribution in [3.05, 3.63) is 97.2 Å². The summed E-state index contributed by atoms with van der Waals surface area (Å²) in [4.78, 5) is 25.5. The van der Waals surface area contributed by atoms with Gasteiger partial charge >= 0.3 is 0 Å². The normalized spacial score (nSPS) is 14.4. The molecule has 0 bridgehead atoms. The highest BCUT2D eigenvalue weighted by Gasteiger charge is 2.23. The summed E-state index contributed by atoms with van der Waals surface area (Å²) in [5.41, 5.74) is 0. The van der Waals surface area contributed by atoms with Crippen LogP contribution in [0.25, 0.3) is 0 Å². The molecule has 446 valence electrons. The Kier molecular flexibility index (Phi) is 56.1. The number of hydrogen-bond acceptors (Lipinski definition) is 6. The predicted octanol–water partition coefficient (Wildman–Crippen LogP) is 19.5. The summed E-state index contributed by atoms with van der Waals surface area (Å²) in [6.07, 6.45) is 83.6. The minimum atomic E-state index is -4.60. The lowest BCUT2D eigenvalue weighted by Gasteiger charge is -2.29. The Morgan fingerprint density at radius 1 is 0.468 bits per heavy atom. The number of aliphatic hydroxyl groups is 1. The van der Waals surface area contributed by atoms with Gasteiger partial charge in [-0.3, -0.25) is 9.36 Å². The smallest absolute Gasteiger partial charge is 0.268 e. The van der Waals surface area contributed by atoms with Crippen molar-refractivity contribution in [2.24, 2.45) is 0 Å². The molecule has 0 aromatic carbocycles. The summed E-state index contributed by atoms with van der Waals surface area (Å²) in [5, 5.41) is 13.9. The molecule has 0 aromatic heterocycles. The number of quaternary nitrogens is 1. The van der Waals surface area contributed by atoms with Gasteiger partial charge in [-0.15, -0.1) is 0 Å². The fraction of sp³-hybridized carbons (Fsp3) is 0.750. The number of aliphatic hydroxyl groups excluding tert-OH is 1. The van der Waals surface area contributed by atoms with E-state index in [0.717, 1.165) is 83.5 Å². The first kappa shape index (κ1) is 74.4. The fourth-order valence-corrected chi connectivity index (χ4v) is 9.80. The topological polar surface area (TPSA) is 108 Å². The third-order valence-corrected chi connectivity index (χ3v) is 15.0. The van der Waals surface area contributed by atoms with E-state index in [2.05, 4.69) is 104 Å². The van der Waals surface area contributed by atoms with Crippen LogP contribution in [0.3, 0.4) is 0 Å². The summed E-state index contributed by atoms with van der Waals surface area (Å²) in [5.74, 6) is -0.197. The van der Waals surface area contributed by atoms with Gasteiger partial charge in [-0.2, -0.15) is 0 Å². The van der Waals surface area contributed by atoms with Crippen molar-refractivity contribution in [3.63, 3.8) is 0 Å². The van der Waals surface area contributed by atoms with Crippen molar-refractivity contribution in [2.45, 2.75) is 289 Å². The molecule has 0 aliphatic heterocycles. The molecule has 0 heterocycles. The first-order valence-corrected chi connectivity index (χ1v) is 33.6. The molecule has 0 spiro atoms. The molecule has 2 N–H and O–H groups in total. The molecule has 0 aromatic rings. The van der Waals surface area contributed by atoms with Crippen molar-refractivity contribution >= 4 is 13.7 Å². The fourth-order valence-electron chi connectivity index (χ4n) is 9.08. The third kappa shape index (κ3) is 60.9. The Hall–Kier alpha value is -2.58. The van der Waals surface area contributed by atoms with E-state index in [1.54, 1.807) is 6.08 Å². The number of likely N-dealkylation sites (N-methyl/N-ethyl adjacent to an activating group) is 1.